The van der Waals surface area contributed by atoms with E-state index in [1.165, 1.54) is 6.92 Å². The Morgan fingerprint density at radius 1 is 1.07 bits per heavy atom. The topological polar surface area (TPSA) is 123 Å². The number of amides is 2. The first-order valence-electron chi connectivity index (χ1n) is 13.4. The number of hydrogen-bond acceptors (Lipinski definition) is 7. The number of carbonyl (C=O) groups is 3. The van der Waals surface area contributed by atoms with Crippen LogP contribution in [0, 0.1) is 19.3 Å². The number of likely N-dealkylation sites (tertiary alicyclic amines) is 1. The summed E-state index contributed by atoms with van der Waals surface area (Å²) in [6, 6.07) is 8.40. The van der Waals surface area contributed by atoms with Gasteiger partial charge in [0.25, 0.3) is 0 Å². The average molecular weight is 619 g/mol. The molecule has 5 rings (SSSR count). The fraction of sp³-hybridized carbons (Fsp3) is 0.367. The van der Waals surface area contributed by atoms with Gasteiger partial charge in [-0.1, -0.05) is 26.0 Å². The van der Waals surface area contributed by atoms with Crippen LogP contribution in [0.25, 0.3) is 22.0 Å². The van der Waals surface area contributed by atoms with E-state index < -0.39 is 6.04 Å². The van der Waals surface area contributed by atoms with Crippen LogP contribution in [0.5, 0.6) is 0 Å². The van der Waals surface area contributed by atoms with Gasteiger partial charge in [0.15, 0.2) is 5.78 Å². The molecule has 0 unspecified atom stereocenters. The molecule has 11 heteroatoms. The molecular formula is C30H32BrN7O3. The number of fused-ring (bicyclic) bond motifs is 1. The van der Waals surface area contributed by atoms with Gasteiger partial charge in [0.2, 0.25) is 11.8 Å². The molecule has 1 aliphatic heterocycles. The number of ketones is 1. The maximum atomic E-state index is 13.9. The molecule has 4 heterocycles. The van der Waals surface area contributed by atoms with Crippen LogP contribution < -0.4 is 5.32 Å². The van der Waals surface area contributed by atoms with Crippen molar-refractivity contribution in [1.29, 1.82) is 0 Å². The normalized spacial score (nSPS) is 18.1. The summed E-state index contributed by atoms with van der Waals surface area (Å²) in [5.74, 6) is 0.373. The van der Waals surface area contributed by atoms with E-state index in [0.717, 1.165) is 16.7 Å². The minimum Gasteiger partial charge on any atom is -0.326 e. The Kier molecular flexibility index (Phi) is 7.50. The zero-order valence-corrected chi connectivity index (χ0v) is 25.5. The highest BCUT2D eigenvalue weighted by molar-refractivity contribution is 9.10. The number of benzene rings is 1. The van der Waals surface area contributed by atoms with Gasteiger partial charge in [0.05, 0.1) is 5.52 Å². The lowest BCUT2D eigenvalue weighted by Crippen LogP contribution is -2.48. The molecule has 41 heavy (non-hydrogen) atoms. The van der Waals surface area contributed by atoms with Crippen molar-refractivity contribution >= 4 is 50.2 Å². The van der Waals surface area contributed by atoms with E-state index in [9.17, 15) is 14.4 Å². The fourth-order valence-corrected chi connectivity index (χ4v) is 5.65. The summed E-state index contributed by atoms with van der Waals surface area (Å²) in [7, 11) is 0. The number of nitrogens with one attached hydrogen (secondary N) is 1. The number of pyridine rings is 1. The maximum Gasteiger partial charge on any atom is 0.248 e. The molecule has 0 radical (unpaired) electrons. The van der Waals surface area contributed by atoms with Crippen LogP contribution in [-0.4, -0.2) is 59.3 Å². The lowest BCUT2D eigenvalue weighted by atomic mass is 9.84. The highest BCUT2D eigenvalue weighted by Crippen LogP contribution is 2.41. The summed E-state index contributed by atoms with van der Waals surface area (Å²) >= 11 is 3.35. The number of nitrogens with zero attached hydrogens (tertiary/aromatic N) is 6. The molecule has 1 aromatic carbocycles. The van der Waals surface area contributed by atoms with E-state index in [-0.39, 0.29) is 41.3 Å². The van der Waals surface area contributed by atoms with Crippen molar-refractivity contribution in [3.8, 4) is 11.1 Å². The molecule has 0 saturated carbocycles. The van der Waals surface area contributed by atoms with Crippen molar-refractivity contribution in [3.05, 3.63) is 64.4 Å². The van der Waals surface area contributed by atoms with Crippen LogP contribution in [0.3, 0.4) is 0 Å². The molecule has 4 aromatic rings. The third-order valence-corrected chi connectivity index (χ3v) is 8.42. The molecule has 1 aliphatic rings. The van der Waals surface area contributed by atoms with E-state index in [1.54, 1.807) is 22.0 Å². The lowest BCUT2D eigenvalue weighted by Gasteiger charge is -2.31. The van der Waals surface area contributed by atoms with E-state index in [2.05, 4.69) is 55.1 Å². The van der Waals surface area contributed by atoms with Crippen LogP contribution in [0.2, 0.25) is 0 Å². The molecule has 10 nitrogen and oxygen atoms in total. The van der Waals surface area contributed by atoms with E-state index in [1.807, 2.05) is 51.1 Å². The van der Waals surface area contributed by atoms with Gasteiger partial charge in [-0.2, -0.15) is 5.10 Å². The van der Waals surface area contributed by atoms with Crippen molar-refractivity contribution in [2.75, 3.05) is 5.32 Å². The zero-order chi connectivity index (χ0) is 29.6. The first-order chi connectivity index (χ1) is 19.4. The van der Waals surface area contributed by atoms with E-state index in [0.29, 0.717) is 33.6 Å². The third kappa shape index (κ3) is 5.50. The number of hydrogen-bond donors (Lipinski definition) is 1. The predicted molar refractivity (Wildman–Crippen MR) is 159 cm³/mol. The van der Waals surface area contributed by atoms with E-state index >= 15 is 0 Å². The van der Waals surface area contributed by atoms with Gasteiger partial charge >= 0.3 is 0 Å². The van der Waals surface area contributed by atoms with Crippen molar-refractivity contribution in [1.82, 2.24) is 29.6 Å². The number of rotatable bonds is 6. The number of carbonyl (C=O) groups excluding carboxylic acids is 3. The van der Waals surface area contributed by atoms with Crippen LogP contribution in [-0.2, 0) is 16.1 Å². The maximum absolute atomic E-state index is 13.9. The Balaban J connectivity index is 1.46. The molecule has 0 bridgehead atoms. The quantitative estimate of drug-likeness (QED) is 0.235. The van der Waals surface area contributed by atoms with Crippen LogP contribution in [0.4, 0.5) is 5.82 Å². The summed E-state index contributed by atoms with van der Waals surface area (Å²) in [4.78, 5) is 54.6. The highest BCUT2D eigenvalue weighted by atomic mass is 79.9. The van der Waals surface area contributed by atoms with Gasteiger partial charge in [-0.3, -0.25) is 19.1 Å². The molecular weight excluding hydrogens is 586 g/mol. The summed E-state index contributed by atoms with van der Waals surface area (Å²) in [5, 5.41) is 8.11. The minimum atomic E-state index is -0.685. The summed E-state index contributed by atoms with van der Waals surface area (Å²) in [6.07, 6.45) is 3.97. The van der Waals surface area contributed by atoms with Gasteiger partial charge in [-0.25, -0.2) is 15.0 Å². The average Bonchev–Trinajstić information content (AvgIpc) is 3.40. The largest absolute Gasteiger partial charge is 0.326 e. The van der Waals surface area contributed by atoms with Crippen molar-refractivity contribution in [2.45, 2.75) is 66.6 Å². The monoisotopic (exact) mass is 617 g/mol. The number of anilines is 1. The van der Waals surface area contributed by atoms with E-state index in [4.69, 9.17) is 0 Å². The molecule has 1 fully saturated rings. The third-order valence-electron chi connectivity index (χ3n) is 7.98. The van der Waals surface area contributed by atoms with Crippen LogP contribution in [0.1, 0.15) is 56.0 Å². The van der Waals surface area contributed by atoms with Gasteiger partial charge in [0, 0.05) is 36.3 Å². The Morgan fingerprint density at radius 2 is 1.78 bits per heavy atom. The van der Waals surface area contributed by atoms with Gasteiger partial charge in [-0.15, -0.1) is 0 Å². The highest BCUT2D eigenvalue weighted by Gasteiger charge is 2.49. The molecule has 212 valence electrons. The Hall–Kier alpha value is -3.99. The molecule has 1 N–H and O–H groups in total. The predicted octanol–water partition coefficient (Wildman–Crippen LogP) is 5.12. The summed E-state index contributed by atoms with van der Waals surface area (Å²) in [5.41, 5.74) is 3.12. The molecule has 0 spiro atoms. The van der Waals surface area contributed by atoms with Crippen molar-refractivity contribution in [3.63, 3.8) is 0 Å². The first-order valence-corrected chi connectivity index (χ1v) is 14.2. The number of aryl methyl sites for hydroxylation is 2. The molecule has 1 saturated heterocycles. The Morgan fingerprint density at radius 3 is 2.46 bits per heavy atom. The first kappa shape index (κ1) is 28.5. The standard InChI is InChI=1S/C30H32BrN7O3/c1-16-7-10-25(31)34-28(16)35-29(41)24-12-30(5,6)18(3)38(24)26(40)15-37-23-9-8-20(21-13-32-19(4)33-14-21)11-22(23)27(36-37)17(2)39/h7-11,13-14,18,24H,12,15H2,1-6H3,(H,34,35,41)/t18-,24+/m1/s1. The smallest absolute Gasteiger partial charge is 0.248 e. The van der Waals surface area contributed by atoms with Crippen molar-refractivity contribution < 1.29 is 14.4 Å². The van der Waals surface area contributed by atoms with Crippen LogP contribution in [0.15, 0.2) is 47.3 Å². The van der Waals surface area contributed by atoms with Gasteiger partial charge in [-0.05, 0) is 77.9 Å². The number of Topliss-reactive ketones (excluding diaryl/α,β-unsaturated/α-hetero) is 1. The molecule has 2 atom stereocenters. The summed E-state index contributed by atoms with van der Waals surface area (Å²) in [6.45, 7) is 11.1. The molecule has 0 aliphatic carbocycles. The molecule has 3 aromatic heterocycles. The van der Waals surface area contributed by atoms with Crippen LogP contribution >= 0.6 is 15.9 Å². The van der Waals surface area contributed by atoms with Gasteiger partial charge < -0.3 is 10.2 Å². The zero-order valence-electron chi connectivity index (χ0n) is 23.9. The summed E-state index contributed by atoms with van der Waals surface area (Å²) < 4.78 is 2.16. The second-order valence-corrected chi connectivity index (χ2v) is 12.1. The number of halogens is 1. The fourth-order valence-electron chi connectivity index (χ4n) is 5.34. The Labute approximate surface area is 246 Å². The van der Waals surface area contributed by atoms with Gasteiger partial charge in [0.1, 0.15) is 34.5 Å². The molecule has 2 amide bonds. The SMILES string of the molecule is CC(=O)c1nn(CC(=O)N2[C@H](C(=O)Nc3nc(Br)ccc3C)CC(C)(C)[C@H]2C)c2ccc(-c3cnc(C)nc3)cc12. The second kappa shape index (κ2) is 10.8. The minimum absolute atomic E-state index is 0.116. The Bertz CT molecular complexity index is 1680. The lowest BCUT2D eigenvalue weighted by molar-refractivity contribution is -0.139. The second-order valence-electron chi connectivity index (χ2n) is 11.3. The number of aromatic nitrogens is 5. The van der Waals surface area contributed by atoms with Crippen molar-refractivity contribution in [2.24, 2.45) is 5.41 Å².